The highest BCUT2D eigenvalue weighted by Crippen LogP contribution is 2.19. The Morgan fingerprint density at radius 2 is 2.24 bits per heavy atom. The summed E-state index contributed by atoms with van der Waals surface area (Å²) in [6.07, 6.45) is 0.234. The summed E-state index contributed by atoms with van der Waals surface area (Å²) in [7, 11) is -2.14. The number of sulfone groups is 1. The van der Waals surface area contributed by atoms with E-state index in [0.29, 0.717) is 5.75 Å². The van der Waals surface area contributed by atoms with Gasteiger partial charge >= 0.3 is 0 Å². The lowest BCUT2D eigenvalue weighted by molar-refractivity contribution is 0.413. The standard InChI is InChI=1S/C11H14FNO3S/c1-16-10-3-2-4-11(5-10)17(14,15)8-9(6-12)7-13/h2-6H,7-8,13H2,1H3/b9-6+. The first kappa shape index (κ1) is 13.7. The van der Waals surface area contributed by atoms with E-state index in [-0.39, 0.29) is 23.3 Å². The Labute approximate surface area is 99.8 Å². The molecule has 1 aromatic rings. The summed E-state index contributed by atoms with van der Waals surface area (Å²) in [6, 6.07) is 6.02. The van der Waals surface area contributed by atoms with Crippen molar-refractivity contribution in [1.29, 1.82) is 0 Å². The summed E-state index contributed by atoms with van der Waals surface area (Å²) < 4.78 is 41.1. The number of halogens is 1. The molecule has 0 aliphatic carbocycles. The van der Waals surface area contributed by atoms with Gasteiger partial charge in [0.2, 0.25) is 0 Å². The maximum Gasteiger partial charge on any atom is 0.182 e. The largest absolute Gasteiger partial charge is 0.497 e. The summed E-state index contributed by atoms with van der Waals surface area (Å²) in [5.41, 5.74) is 5.26. The van der Waals surface area contributed by atoms with Crippen LogP contribution in [-0.2, 0) is 9.84 Å². The van der Waals surface area contributed by atoms with Crippen LogP contribution in [0, 0.1) is 0 Å². The van der Waals surface area contributed by atoms with Crippen LogP contribution in [0.15, 0.2) is 41.1 Å². The third kappa shape index (κ3) is 3.54. The van der Waals surface area contributed by atoms with Gasteiger partial charge in [0, 0.05) is 6.54 Å². The molecule has 0 amide bonds. The van der Waals surface area contributed by atoms with Crippen LogP contribution in [-0.4, -0.2) is 27.8 Å². The predicted molar refractivity (Wildman–Crippen MR) is 63.3 cm³/mol. The molecule has 0 aliphatic heterocycles. The van der Waals surface area contributed by atoms with Crippen molar-refractivity contribution in [2.75, 3.05) is 19.4 Å². The van der Waals surface area contributed by atoms with Gasteiger partial charge in [-0.05, 0) is 23.8 Å². The Morgan fingerprint density at radius 1 is 1.53 bits per heavy atom. The fraction of sp³-hybridized carbons (Fsp3) is 0.273. The molecule has 0 atom stereocenters. The number of nitrogens with two attached hydrogens (primary N) is 1. The number of methoxy groups -OCH3 is 1. The van der Waals surface area contributed by atoms with Crippen LogP contribution >= 0.6 is 0 Å². The molecule has 2 N–H and O–H groups in total. The quantitative estimate of drug-likeness (QED) is 0.864. The zero-order valence-corrected chi connectivity index (χ0v) is 10.2. The fourth-order valence-electron chi connectivity index (χ4n) is 1.26. The first-order chi connectivity index (χ1) is 8.03. The monoisotopic (exact) mass is 259 g/mol. The van der Waals surface area contributed by atoms with Crippen molar-refractivity contribution >= 4 is 9.84 Å². The summed E-state index contributed by atoms with van der Waals surface area (Å²) in [5, 5.41) is 0. The van der Waals surface area contributed by atoms with E-state index in [9.17, 15) is 12.8 Å². The second-order valence-electron chi connectivity index (χ2n) is 3.41. The van der Waals surface area contributed by atoms with Crippen molar-refractivity contribution < 1.29 is 17.5 Å². The van der Waals surface area contributed by atoms with Gasteiger partial charge in [-0.1, -0.05) is 6.07 Å². The van der Waals surface area contributed by atoms with Crippen LogP contribution in [0.1, 0.15) is 0 Å². The van der Waals surface area contributed by atoms with E-state index >= 15 is 0 Å². The van der Waals surface area contributed by atoms with Crippen molar-refractivity contribution in [3.63, 3.8) is 0 Å². The molecular weight excluding hydrogens is 245 g/mol. The number of rotatable bonds is 5. The Kier molecular flexibility index (Phi) is 4.65. The van der Waals surface area contributed by atoms with Gasteiger partial charge in [0.25, 0.3) is 0 Å². The average Bonchev–Trinajstić information content (AvgIpc) is 2.36. The molecule has 94 valence electrons. The average molecular weight is 259 g/mol. The van der Waals surface area contributed by atoms with Gasteiger partial charge in [0.1, 0.15) is 5.75 Å². The molecule has 0 bridgehead atoms. The minimum absolute atomic E-state index is 0.0350. The van der Waals surface area contributed by atoms with Gasteiger partial charge in [0.05, 0.1) is 24.1 Å². The molecule has 0 aromatic heterocycles. The topological polar surface area (TPSA) is 69.4 Å². The molecule has 0 fully saturated rings. The normalized spacial score (nSPS) is 12.5. The van der Waals surface area contributed by atoms with E-state index in [0.717, 1.165) is 0 Å². The maximum atomic E-state index is 12.3. The van der Waals surface area contributed by atoms with E-state index in [1.807, 2.05) is 0 Å². The summed E-state index contributed by atoms with van der Waals surface area (Å²) >= 11 is 0. The SMILES string of the molecule is COc1cccc(S(=O)(=O)C/C(=C/F)CN)c1. The zero-order valence-electron chi connectivity index (χ0n) is 9.39. The van der Waals surface area contributed by atoms with Crippen LogP contribution in [0.3, 0.4) is 0 Å². The number of hydrogen-bond acceptors (Lipinski definition) is 4. The molecule has 1 rings (SSSR count). The van der Waals surface area contributed by atoms with Gasteiger partial charge in [-0.3, -0.25) is 0 Å². The van der Waals surface area contributed by atoms with Crippen LogP contribution in [0.4, 0.5) is 4.39 Å². The van der Waals surface area contributed by atoms with E-state index in [4.69, 9.17) is 10.5 Å². The lowest BCUT2D eigenvalue weighted by atomic mass is 10.3. The van der Waals surface area contributed by atoms with Crippen LogP contribution in [0.5, 0.6) is 5.75 Å². The Hall–Kier alpha value is -1.40. The maximum absolute atomic E-state index is 12.3. The second kappa shape index (κ2) is 5.79. The van der Waals surface area contributed by atoms with Crippen LogP contribution in [0.2, 0.25) is 0 Å². The molecule has 0 saturated carbocycles. The number of benzene rings is 1. The van der Waals surface area contributed by atoms with Crippen molar-refractivity contribution in [3.8, 4) is 5.75 Å². The molecule has 17 heavy (non-hydrogen) atoms. The number of ether oxygens (including phenoxy) is 1. The van der Waals surface area contributed by atoms with Gasteiger partial charge in [-0.25, -0.2) is 12.8 Å². The van der Waals surface area contributed by atoms with Gasteiger partial charge in [0.15, 0.2) is 9.84 Å². The first-order valence-electron chi connectivity index (χ1n) is 4.88. The second-order valence-corrected chi connectivity index (χ2v) is 5.40. The third-order valence-corrected chi connectivity index (χ3v) is 3.92. The van der Waals surface area contributed by atoms with Crippen LogP contribution < -0.4 is 10.5 Å². The van der Waals surface area contributed by atoms with Gasteiger partial charge in [-0.15, -0.1) is 0 Å². The highest BCUT2D eigenvalue weighted by atomic mass is 32.2. The zero-order chi connectivity index (χ0) is 12.9. The van der Waals surface area contributed by atoms with Gasteiger partial charge < -0.3 is 10.5 Å². The first-order valence-corrected chi connectivity index (χ1v) is 6.53. The summed E-state index contributed by atoms with van der Waals surface area (Å²) in [5.74, 6) is 0.0114. The Morgan fingerprint density at radius 3 is 2.76 bits per heavy atom. The summed E-state index contributed by atoms with van der Waals surface area (Å²) in [6.45, 7) is -0.125. The molecule has 1 aromatic carbocycles. The Balaban J connectivity index is 3.05. The van der Waals surface area contributed by atoms with E-state index in [2.05, 4.69) is 0 Å². The molecule has 0 unspecified atom stereocenters. The molecule has 0 aliphatic rings. The Bertz CT molecular complexity index is 511. The lowest BCUT2D eigenvalue weighted by Crippen LogP contribution is -2.15. The van der Waals surface area contributed by atoms with Crippen molar-refractivity contribution in [2.24, 2.45) is 5.73 Å². The number of hydrogen-bond donors (Lipinski definition) is 1. The molecule has 0 radical (unpaired) electrons. The molecule has 0 saturated heterocycles. The fourth-order valence-corrected chi connectivity index (χ4v) is 2.67. The van der Waals surface area contributed by atoms with Crippen molar-refractivity contribution in [1.82, 2.24) is 0 Å². The van der Waals surface area contributed by atoms with Crippen molar-refractivity contribution in [2.45, 2.75) is 4.90 Å². The van der Waals surface area contributed by atoms with E-state index in [1.54, 1.807) is 12.1 Å². The highest BCUT2D eigenvalue weighted by Gasteiger charge is 2.17. The minimum atomic E-state index is -3.58. The van der Waals surface area contributed by atoms with Crippen LogP contribution in [0.25, 0.3) is 0 Å². The van der Waals surface area contributed by atoms with Gasteiger partial charge in [-0.2, -0.15) is 0 Å². The van der Waals surface area contributed by atoms with E-state index < -0.39 is 15.6 Å². The minimum Gasteiger partial charge on any atom is -0.497 e. The highest BCUT2D eigenvalue weighted by molar-refractivity contribution is 7.91. The molecule has 6 heteroatoms. The predicted octanol–water partition coefficient (Wildman–Crippen LogP) is 1.28. The van der Waals surface area contributed by atoms with Crippen molar-refractivity contribution in [3.05, 3.63) is 36.2 Å². The lowest BCUT2D eigenvalue weighted by Gasteiger charge is -2.07. The van der Waals surface area contributed by atoms with E-state index in [1.165, 1.54) is 19.2 Å². The molecule has 0 heterocycles. The molecule has 4 nitrogen and oxygen atoms in total. The molecular formula is C11H14FNO3S. The summed E-state index contributed by atoms with van der Waals surface area (Å²) in [4.78, 5) is 0.0876. The smallest absolute Gasteiger partial charge is 0.182 e. The molecule has 0 spiro atoms. The third-order valence-electron chi connectivity index (χ3n) is 2.19.